The maximum Gasteiger partial charge on any atom is 0.339 e. The third-order valence-electron chi connectivity index (χ3n) is 2.44. The molecule has 1 aromatic rings. The van der Waals surface area contributed by atoms with E-state index < -0.39 is 14.0 Å². The van der Waals surface area contributed by atoms with Gasteiger partial charge in [-0.1, -0.05) is 38.9 Å². The van der Waals surface area contributed by atoms with E-state index in [4.69, 9.17) is 9.52 Å². The minimum Gasteiger partial charge on any atom is -0.478 e. The molecule has 0 saturated carbocycles. The molecule has 0 fully saturated rings. The number of carboxylic acid groups (broad SMARTS) is 1. The van der Waals surface area contributed by atoms with Crippen molar-refractivity contribution in [1.82, 2.24) is 0 Å². The van der Waals surface area contributed by atoms with Crippen LogP contribution in [0.5, 0.6) is 0 Å². The number of rotatable bonds is 4. The van der Waals surface area contributed by atoms with E-state index in [0.717, 1.165) is 12.8 Å². The molecule has 0 unspecified atom stereocenters. The zero-order chi connectivity index (χ0) is 13.8. The van der Waals surface area contributed by atoms with Crippen molar-refractivity contribution in [3.8, 4) is 11.5 Å². The molecular formula is C14H20O3Si. The van der Waals surface area contributed by atoms with Gasteiger partial charge in [0.05, 0.1) is 12.2 Å². The van der Waals surface area contributed by atoms with E-state index in [-0.39, 0.29) is 11.5 Å². The van der Waals surface area contributed by atoms with Gasteiger partial charge in [-0.25, -0.2) is 4.79 Å². The van der Waals surface area contributed by atoms with Crippen molar-refractivity contribution in [2.45, 2.75) is 45.3 Å². The maximum absolute atomic E-state index is 11.1. The van der Waals surface area contributed by atoms with Gasteiger partial charge in [-0.2, -0.15) is 0 Å². The van der Waals surface area contributed by atoms with Crippen molar-refractivity contribution in [2.24, 2.45) is 0 Å². The van der Waals surface area contributed by atoms with Crippen LogP contribution in [0.4, 0.5) is 0 Å². The van der Waals surface area contributed by atoms with Gasteiger partial charge in [0.1, 0.15) is 19.4 Å². The monoisotopic (exact) mass is 264 g/mol. The Kier molecular flexibility index (Phi) is 4.80. The minimum absolute atomic E-state index is 0.108. The first-order valence-electron chi connectivity index (χ1n) is 6.18. The molecule has 0 radical (unpaired) electrons. The molecule has 0 bridgehead atoms. The average molecular weight is 264 g/mol. The van der Waals surface area contributed by atoms with Gasteiger partial charge in [0.2, 0.25) is 0 Å². The molecule has 1 aromatic heterocycles. The standard InChI is InChI=1S/C14H20O3Si/c1-5-6-11(8-10-18(2,3)4)13-12(14(15)16)7-9-17-13/h7,9,11H,5-6H2,1-4H3,(H,15,16)/t11-/m1/s1. The van der Waals surface area contributed by atoms with Gasteiger partial charge in [0.15, 0.2) is 0 Å². The summed E-state index contributed by atoms with van der Waals surface area (Å²) < 4.78 is 5.34. The second kappa shape index (κ2) is 5.92. The first-order chi connectivity index (χ1) is 8.35. The minimum atomic E-state index is -1.46. The summed E-state index contributed by atoms with van der Waals surface area (Å²) in [7, 11) is -1.46. The SMILES string of the molecule is CCC[C@H](C#C[Si](C)(C)C)c1occc1C(=O)O. The Labute approximate surface area is 109 Å². The molecular weight excluding hydrogens is 244 g/mol. The molecule has 0 aliphatic heterocycles. The Morgan fingerprint density at radius 3 is 2.67 bits per heavy atom. The summed E-state index contributed by atoms with van der Waals surface area (Å²) in [6, 6.07) is 1.50. The number of carbonyl (C=O) groups is 1. The lowest BCUT2D eigenvalue weighted by Crippen LogP contribution is -2.17. The lowest BCUT2D eigenvalue weighted by molar-refractivity contribution is 0.0694. The molecule has 0 aromatic carbocycles. The molecule has 98 valence electrons. The Hall–Kier alpha value is -1.47. The van der Waals surface area contributed by atoms with E-state index in [9.17, 15) is 4.79 Å². The van der Waals surface area contributed by atoms with Crippen LogP contribution in [0, 0.1) is 11.5 Å². The maximum atomic E-state index is 11.1. The summed E-state index contributed by atoms with van der Waals surface area (Å²) in [5.41, 5.74) is 3.53. The summed E-state index contributed by atoms with van der Waals surface area (Å²) in [6.45, 7) is 8.57. The molecule has 0 saturated heterocycles. The summed E-state index contributed by atoms with van der Waals surface area (Å²) in [4.78, 5) is 11.1. The highest BCUT2D eigenvalue weighted by Gasteiger charge is 2.21. The van der Waals surface area contributed by atoms with Crippen LogP contribution >= 0.6 is 0 Å². The highest BCUT2D eigenvalue weighted by molar-refractivity contribution is 6.83. The highest BCUT2D eigenvalue weighted by atomic mass is 28.3. The van der Waals surface area contributed by atoms with Gasteiger partial charge < -0.3 is 9.52 Å². The fourth-order valence-corrected chi connectivity index (χ4v) is 2.24. The first kappa shape index (κ1) is 14.6. The second-order valence-corrected chi connectivity index (χ2v) is 10.1. The molecule has 0 amide bonds. The third-order valence-corrected chi connectivity index (χ3v) is 3.34. The van der Waals surface area contributed by atoms with Crippen LogP contribution in [0.1, 0.15) is 41.8 Å². The average Bonchev–Trinajstić information content (AvgIpc) is 2.71. The van der Waals surface area contributed by atoms with Gasteiger partial charge in [0.25, 0.3) is 0 Å². The molecule has 3 nitrogen and oxygen atoms in total. The van der Waals surface area contributed by atoms with Gasteiger partial charge in [0, 0.05) is 0 Å². The summed E-state index contributed by atoms with van der Waals surface area (Å²) >= 11 is 0. The van der Waals surface area contributed by atoms with Crippen molar-refractivity contribution in [2.75, 3.05) is 0 Å². The predicted octanol–water partition coefficient (Wildman–Crippen LogP) is 3.74. The van der Waals surface area contributed by atoms with Gasteiger partial charge in [-0.3, -0.25) is 0 Å². The van der Waals surface area contributed by atoms with Crippen LogP contribution in [-0.2, 0) is 0 Å². The van der Waals surface area contributed by atoms with Crippen LogP contribution < -0.4 is 0 Å². The fourth-order valence-electron chi connectivity index (χ4n) is 1.63. The summed E-state index contributed by atoms with van der Waals surface area (Å²) in [6.07, 6.45) is 3.20. The van der Waals surface area contributed by atoms with Crippen LogP contribution in [0.15, 0.2) is 16.7 Å². The molecule has 0 spiro atoms. The number of hydrogen-bond donors (Lipinski definition) is 1. The van der Waals surface area contributed by atoms with E-state index in [1.165, 1.54) is 12.3 Å². The lowest BCUT2D eigenvalue weighted by Gasteiger charge is -2.10. The van der Waals surface area contributed by atoms with E-state index in [1.54, 1.807) is 0 Å². The van der Waals surface area contributed by atoms with Gasteiger partial charge >= 0.3 is 5.97 Å². The van der Waals surface area contributed by atoms with E-state index in [2.05, 4.69) is 38.0 Å². The Balaban J connectivity index is 3.07. The molecule has 0 aliphatic carbocycles. The van der Waals surface area contributed by atoms with Crippen molar-refractivity contribution in [3.05, 3.63) is 23.7 Å². The Morgan fingerprint density at radius 2 is 2.17 bits per heavy atom. The molecule has 0 aliphatic rings. The quantitative estimate of drug-likeness (QED) is 0.665. The predicted molar refractivity (Wildman–Crippen MR) is 74.4 cm³/mol. The van der Waals surface area contributed by atoms with Crippen LogP contribution in [-0.4, -0.2) is 19.1 Å². The van der Waals surface area contributed by atoms with Crippen molar-refractivity contribution >= 4 is 14.0 Å². The molecule has 1 heterocycles. The van der Waals surface area contributed by atoms with E-state index in [0.29, 0.717) is 5.76 Å². The van der Waals surface area contributed by atoms with Crippen LogP contribution in [0.25, 0.3) is 0 Å². The van der Waals surface area contributed by atoms with Crippen molar-refractivity contribution in [1.29, 1.82) is 0 Å². The number of aromatic carboxylic acids is 1. The Bertz CT molecular complexity index is 471. The zero-order valence-corrected chi connectivity index (χ0v) is 12.4. The third kappa shape index (κ3) is 4.08. The molecule has 4 heteroatoms. The molecule has 1 atom stereocenters. The normalized spacial score (nSPS) is 12.7. The first-order valence-corrected chi connectivity index (χ1v) is 9.68. The number of furan rings is 1. The molecule has 18 heavy (non-hydrogen) atoms. The lowest BCUT2D eigenvalue weighted by atomic mass is 9.99. The summed E-state index contributed by atoms with van der Waals surface area (Å²) in [5, 5.41) is 9.10. The second-order valence-electron chi connectivity index (χ2n) is 5.36. The largest absolute Gasteiger partial charge is 0.478 e. The smallest absolute Gasteiger partial charge is 0.339 e. The van der Waals surface area contributed by atoms with E-state index in [1.807, 2.05) is 0 Å². The summed E-state index contributed by atoms with van der Waals surface area (Å²) in [5.74, 6) is 2.65. The number of hydrogen-bond acceptors (Lipinski definition) is 2. The molecule has 1 rings (SSSR count). The van der Waals surface area contributed by atoms with Gasteiger partial charge in [-0.05, 0) is 12.5 Å². The molecule has 1 N–H and O–H groups in total. The number of carboxylic acids is 1. The zero-order valence-electron chi connectivity index (χ0n) is 11.4. The highest BCUT2D eigenvalue weighted by Crippen LogP contribution is 2.25. The van der Waals surface area contributed by atoms with Crippen LogP contribution in [0.2, 0.25) is 19.6 Å². The van der Waals surface area contributed by atoms with Crippen molar-refractivity contribution in [3.63, 3.8) is 0 Å². The van der Waals surface area contributed by atoms with Gasteiger partial charge in [-0.15, -0.1) is 5.54 Å². The fraction of sp³-hybridized carbons (Fsp3) is 0.500. The Morgan fingerprint density at radius 1 is 1.50 bits per heavy atom. The van der Waals surface area contributed by atoms with Crippen molar-refractivity contribution < 1.29 is 14.3 Å². The van der Waals surface area contributed by atoms with E-state index >= 15 is 0 Å². The topological polar surface area (TPSA) is 50.4 Å². The van der Waals surface area contributed by atoms with Crippen LogP contribution in [0.3, 0.4) is 0 Å².